The quantitative estimate of drug-likeness (QED) is 0.0373. The summed E-state index contributed by atoms with van der Waals surface area (Å²) in [6.07, 6.45) is 102. The van der Waals surface area contributed by atoms with E-state index in [2.05, 4.69) is 62.5 Å². The number of ether oxygens (including phenoxy) is 2. The summed E-state index contributed by atoms with van der Waals surface area (Å²) in [5.41, 5.74) is 0. The highest BCUT2D eigenvalue weighted by atomic mass is 16.6. The van der Waals surface area contributed by atoms with Crippen LogP contribution in [0.15, 0.2) is 48.6 Å². The Hall–Kier alpha value is -2.14. The lowest BCUT2D eigenvalue weighted by Crippen LogP contribution is -2.28. The van der Waals surface area contributed by atoms with Gasteiger partial charge in [-0.1, -0.05) is 383 Å². The Morgan fingerprint density at radius 2 is 0.476 bits per heavy atom. The first-order valence-corrected chi connectivity index (χ1v) is 38.2. The highest BCUT2D eigenvalue weighted by Crippen LogP contribution is 2.19. The molecule has 5 heteroatoms. The Balaban J connectivity index is 3.36. The average Bonchev–Trinajstić information content (AvgIpc) is 3.51. The molecule has 0 aromatic carbocycles. The molecule has 0 aliphatic rings. The van der Waals surface area contributed by atoms with E-state index in [1.54, 1.807) is 0 Å². The van der Waals surface area contributed by atoms with Gasteiger partial charge in [0, 0.05) is 12.8 Å². The van der Waals surface area contributed by atoms with Crippen LogP contribution in [0.25, 0.3) is 0 Å². The maximum atomic E-state index is 12.4. The van der Waals surface area contributed by atoms with Crippen LogP contribution in [0.5, 0.6) is 0 Å². The van der Waals surface area contributed by atoms with Crippen molar-refractivity contribution < 1.29 is 24.2 Å². The zero-order chi connectivity index (χ0) is 60.5. The molecule has 0 aliphatic heterocycles. The second-order valence-corrected chi connectivity index (χ2v) is 26.1. The molecule has 5 nitrogen and oxygen atoms in total. The lowest BCUT2D eigenvalue weighted by molar-refractivity contribution is -0.161. The second kappa shape index (κ2) is 75.1. The van der Waals surface area contributed by atoms with Gasteiger partial charge >= 0.3 is 11.9 Å². The van der Waals surface area contributed by atoms with Gasteiger partial charge in [-0.15, -0.1) is 0 Å². The monoisotopic (exact) mass is 1180 g/mol. The highest BCUT2D eigenvalue weighted by Gasteiger charge is 2.16. The molecule has 1 atom stereocenters. The van der Waals surface area contributed by atoms with Crippen molar-refractivity contribution in [3.63, 3.8) is 0 Å². The van der Waals surface area contributed by atoms with Crippen LogP contribution in [0.1, 0.15) is 425 Å². The lowest BCUT2D eigenvalue weighted by Gasteiger charge is -2.15. The minimum absolute atomic E-state index is 0.0598. The molecular weight excluding hydrogens is 1030 g/mol. The van der Waals surface area contributed by atoms with Crippen molar-refractivity contribution in [3.8, 4) is 0 Å². The normalized spacial score (nSPS) is 12.4. The Kier molecular flexibility index (Phi) is 73.2. The standard InChI is InChI=1S/C79H148O5/c1-3-5-7-9-11-13-15-17-19-21-23-25-27-29-31-33-34-35-36-37-38-39-40-41-42-43-44-46-48-50-52-54-56-58-60-62-64-66-68-70-72-74-79(82)84-77(75-80)76-83-78(81)73-71-69-67-65-63-61-59-57-55-53-51-49-47-45-32-30-28-26-24-22-20-18-16-14-12-10-8-6-4-2/h15-18,21-24,77,80H,3-14,19-20,25-76H2,1-2H3/b17-15-,18-16-,23-21-,24-22-. The van der Waals surface area contributed by atoms with Crippen molar-refractivity contribution >= 4 is 11.9 Å². The third kappa shape index (κ3) is 72.3. The smallest absolute Gasteiger partial charge is 0.306 e. The van der Waals surface area contributed by atoms with Gasteiger partial charge in [-0.2, -0.15) is 0 Å². The van der Waals surface area contributed by atoms with Crippen molar-refractivity contribution in [1.82, 2.24) is 0 Å². The maximum absolute atomic E-state index is 12.4. The molecule has 0 radical (unpaired) electrons. The first kappa shape index (κ1) is 81.9. The lowest BCUT2D eigenvalue weighted by atomic mass is 10.0. The van der Waals surface area contributed by atoms with Gasteiger partial charge in [0.1, 0.15) is 6.61 Å². The number of aliphatic hydroxyl groups excluding tert-OH is 1. The number of hydrogen-bond acceptors (Lipinski definition) is 5. The van der Waals surface area contributed by atoms with Crippen LogP contribution in [0.2, 0.25) is 0 Å². The molecule has 0 aromatic rings. The van der Waals surface area contributed by atoms with Crippen molar-refractivity contribution in [2.75, 3.05) is 13.2 Å². The Bertz CT molecular complexity index is 1380. The van der Waals surface area contributed by atoms with E-state index in [1.165, 1.54) is 347 Å². The fraction of sp³-hybridized carbons (Fsp3) is 0.873. The van der Waals surface area contributed by atoms with Crippen molar-refractivity contribution in [3.05, 3.63) is 48.6 Å². The molecule has 0 spiro atoms. The summed E-state index contributed by atoms with van der Waals surface area (Å²) in [4.78, 5) is 24.7. The Labute approximate surface area is 526 Å². The fourth-order valence-electron chi connectivity index (χ4n) is 11.9. The largest absolute Gasteiger partial charge is 0.462 e. The van der Waals surface area contributed by atoms with Gasteiger partial charge in [-0.3, -0.25) is 9.59 Å². The number of carbonyl (C=O) groups is 2. The third-order valence-electron chi connectivity index (χ3n) is 17.6. The number of hydrogen-bond donors (Lipinski definition) is 1. The van der Waals surface area contributed by atoms with Crippen LogP contribution in [0.4, 0.5) is 0 Å². The van der Waals surface area contributed by atoms with E-state index >= 15 is 0 Å². The summed E-state index contributed by atoms with van der Waals surface area (Å²) in [6, 6.07) is 0. The summed E-state index contributed by atoms with van der Waals surface area (Å²) in [7, 11) is 0. The van der Waals surface area contributed by atoms with Crippen LogP contribution < -0.4 is 0 Å². The van der Waals surface area contributed by atoms with Gasteiger partial charge in [0.25, 0.3) is 0 Å². The molecule has 0 heterocycles. The van der Waals surface area contributed by atoms with Gasteiger partial charge in [-0.25, -0.2) is 0 Å². The predicted octanol–water partition coefficient (Wildman–Crippen LogP) is 26.7. The average molecular weight is 1180 g/mol. The molecule has 0 fully saturated rings. The van der Waals surface area contributed by atoms with Crippen LogP contribution in [-0.2, 0) is 19.1 Å². The molecular formula is C79H148O5. The van der Waals surface area contributed by atoms with Gasteiger partial charge in [-0.05, 0) is 77.0 Å². The van der Waals surface area contributed by atoms with E-state index in [0.29, 0.717) is 12.8 Å². The minimum atomic E-state index is -0.771. The van der Waals surface area contributed by atoms with E-state index < -0.39 is 6.10 Å². The van der Waals surface area contributed by atoms with Crippen LogP contribution >= 0.6 is 0 Å². The van der Waals surface area contributed by atoms with E-state index in [-0.39, 0.29) is 25.2 Å². The van der Waals surface area contributed by atoms with E-state index in [0.717, 1.165) is 51.4 Å². The predicted molar refractivity (Wildman–Crippen MR) is 371 cm³/mol. The first-order valence-electron chi connectivity index (χ1n) is 38.2. The molecule has 0 aromatic heterocycles. The third-order valence-corrected chi connectivity index (χ3v) is 17.6. The summed E-state index contributed by atoms with van der Waals surface area (Å²) >= 11 is 0. The molecule has 0 rings (SSSR count). The van der Waals surface area contributed by atoms with E-state index in [9.17, 15) is 14.7 Å². The Morgan fingerprint density at radius 1 is 0.274 bits per heavy atom. The molecule has 1 unspecified atom stereocenters. The SMILES string of the molecule is CCCCCCC/C=C\C/C=C\CCCCCCCCCCCCCCCCCCCCCCCCCCCCCCCC(=O)OC(CO)COC(=O)CCCCCCCCCCCCCCCCCCC/C=C\C/C=C\CCCCCCC. The number of allylic oxidation sites excluding steroid dienone is 8. The molecule has 84 heavy (non-hydrogen) atoms. The van der Waals surface area contributed by atoms with Gasteiger partial charge in [0.2, 0.25) is 0 Å². The van der Waals surface area contributed by atoms with E-state index in [1.807, 2.05) is 0 Å². The second-order valence-electron chi connectivity index (χ2n) is 26.1. The van der Waals surface area contributed by atoms with Gasteiger partial charge in [0.05, 0.1) is 6.61 Å². The molecule has 0 bridgehead atoms. The van der Waals surface area contributed by atoms with Crippen LogP contribution in [-0.4, -0.2) is 36.4 Å². The number of aliphatic hydroxyl groups is 1. The van der Waals surface area contributed by atoms with Crippen LogP contribution in [0, 0.1) is 0 Å². The fourth-order valence-corrected chi connectivity index (χ4v) is 11.9. The van der Waals surface area contributed by atoms with Crippen molar-refractivity contribution in [2.45, 2.75) is 431 Å². The zero-order valence-corrected chi connectivity index (χ0v) is 56.9. The molecule has 0 amide bonds. The first-order chi connectivity index (χ1) is 41.6. The summed E-state index contributed by atoms with van der Waals surface area (Å²) in [5.74, 6) is -0.565. The molecule has 0 aliphatic carbocycles. The summed E-state index contributed by atoms with van der Waals surface area (Å²) in [6.45, 7) is 4.18. The number of unbranched alkanes of at least 4 members (excludes halogenated alkanes) is 56. The highest BCUT2D eigenvalue weighted by molar-refractivity contribution is 5.70. The Morgan fingerprint density at radius 3 is 0.702 bits per heavy atom. The minimum Gasteiger partial charge on any atom is -0.462 e. The van der Waals surface area contributed by atoms with E-state index in [4.69, 9.17) is 9.47 Å². The van der Waals surface area contributed by atoms with Crippen molar-refractivity contribution in [2.24, 2.45) is 0 Å². The molecule has 1 N–H and O–H groups in total. The number of rotatable bonds is 72. The van der Waals surface area contributed by atoms with Gasteiger partial charge < -0.3 is 14.6 Å². The molecule has 494 valence electrons. The molecule has 0 saturated heterocycles. The van der Waals surface area contributed by atoms with Gasteiger partial charge in [0.15, 0.2) is 6.10 Å². The van der Waals surface area contributed by atoms with Crippen molar-refractivity contribution in [1.29, 1.82) is 0 Å². The number of carbonyl (C=O) groups excluding carboxylic acids is 2. The zero-order valence-electron chi connectivity index (χ0n) is 56.9. The van der Waals surface area contributed by atoms with Crippen LogP contribution in [0.3, 0.4) is 0 Å². The molecule has 0 saturated carbocycles. The topological polar surface area (TPSA) is 72.8 Å². The summed E-state index contributed by atoms with van der Waals surface area (Å²) in [5, 5.41) is 9.72. The number of esters is 2. The summed E-state index contributed by atoms with van der Waals surface area (Å²) < 4.78 is 10.8. The maximum Gasteiger partial charge on any atom is 0.306 e.